The Morgan fingerprint density at radius 2 is 1.11 bits per heavy atom. The van der Waals surface area contributed by atoms with Gasteiger partial charge in [0.15, 0.2) is 0 Å². The number of rotatable bonds is 0. The zero-order valence-corrected chi connectivity index (χ0v) is 18.4. The summed E-state index contributed by atoms with van der Waals surface area (Å²) in [5, 5.41) is 23.5. The van der Waals surface area contributed by atoms with Gasteiger partial charge in [-0.1, -0.05) is 11.5 Å². The molecule has 9 heteroatoms. The first-order valence-corrected chi connectivity index (χ1v) is 9.35. The summed E-state index contributed by atoms with van der Waals surface area (Å²) in [7, 11) is 0. The Morgan fingerprint density at radius 1 is 0.741 bits per heavy atom. The fourth-order valence-electron chi connectivity index (χ4n) is 2.29. The van der Waals surface area contributed by atoms with Crippen LogP contribution in [0.2, 0.25) is 0 Å². The molecule has 2 aromatic heterocycles. The molecule has 27 heavy (non-hydrogen) atoms. The van der Waals surface area contributed by atoms with E-state index in [1.807, 2.05) is 0 Å². The van der Waals surface area contributed by atoms with E-state index in [1.54, 1.807) is 69.4 Å². The smallest absolute Gasteiger partial charge is 0.870 e. The van der Waals surface area contributed by atoms with Crippen LogP contribution >= 0.6 is 45.2 Å². The quantitative estimate of drug-likeness (QED) is 0.215. The Hall–Kier alpha value is -1.30. The van der Waals surface area contributed by atoms with Crippen molar-refractivity contribution in [2.24, 2.45) is 0 Å². The normalized spacial score (nSPS) is 10.2. The van der Waals surface area contributed by atoms with Gasteiger partial charge in [-0.05, 0) is 81.6 Å². The second-order valence-electron chi connectivity index (χ2n) is 5.14. The van der Waals surface area contributed by atoms with Crippen LogP contribution < -0.4 is 10.2 Å². The minimum absolute atomic E-state index is 0. The van der Waals surface area contributed by atoms with Gasteiger partial charge in [-0.25, -0.2) is 8.78 Å². The van der Waals surface area contributed by atoms with Crippen molar-refractivity contribution in [2.45, 2.75) is 0 Å². The van der Waals surface area contributed by atoms with Crippen LogP contribution in [0, 0.1) is 18.8 Å². The third kappa shape index (κ3) is 4.58. The predicted molar refractivity (Wildman–Crippen MR) is 108 cm³/mol. The van der Waals surface area contributed by atoms with Gasteiger partial charge >= 0.3 is 17.1 Å². The summed E-state index contributed by atoms with van der Waals surface area (Å²) in [4.78, 5) is 7.69. The van der Waals surface area contributed by atoms with E-state index in [0.29, 0.717) is 7.14 Å². The number of aromatic nitrogens is 2. The van der Waals surface area contributed by atoms with Gasteiger partial charge in [0, 0.05) is 30.3 Å². The summed E-state index contributed by atoms with van der Waals surface area (Å²) in [5.74, 6) is -1.21. The van der Waals surface area contributed by atoms with Gasteiger partial charge in [0.1, 0.15) is 11.6 Å². The molecule has 2 aromatic carbocycles. The molecule has 0 aliphatic heterocycles. The minimum Gasteiger partial charge on any atom is -0.870 e. The number of fused-ring (bicyclic) bond motifs is 2. The summed E-state index contributed by atoms with van der Waals surface area (Å²) in [5.41, 5.74) is 0.402. The van der Waals surface area contributed by atoms with Crippen molar-refractivity contribution in [1.29, 1.82) is 0 Å². The van der Waals surface area contributed by atoms with Crippen LogP contribution in [-0.2, 0) is 17.1 Å². The second-order valence-corrected chi connectivity index (χ2v) is 7.46. The van der Waals surface area contributed by atoms with Gasteiger partial charge in [0.05, 0.1) is 11.0 Å². The zero-order chi connectivity index (χ0) is 18.8. The number of benzene rings is 2. The molecule has 0 amide bonds. The van der Waals surface area contributed by atoms with Crippen LogP contribution in [0.4, 0.5) is 8.78 Å². The van der Waals surface area contributed by atoms with Gasteiger partial charge in [-0.3, -0.25) is 9.97 Å². The molecular weight excluding hydrogens is 630 g/mol. The molecule has 2 heterocycles. The summed E-state index contributed by atoms with van der Waals surface area (Å²) >= 11 is 3.61. The first-order valence-electron chi connectivity index (χ1n) is 7.19. The number of nitrogens with zero attached hydrogens (tertiary/aromatic N) is 2. The van der Waals surface area contributed by atoms with Gasteiger partial charge in [-0.2, -0.15) is 0 Å². The van der Waals surface area contributed by atoms with Crippen molar-refractivity contribution in [3.05, 3.63) is 67.6 Å². The van der Waals surface area contributed by atoms with Crippen molar-refractivity contribution in [2.75, 3.05) is 0 Å². The van der Waals surface area contributed by atoms with Gasteiger partial charge < -0.3 is 10.2 Å². The van der Waals surface area contributed by atoms with Crippen molar-refractivity contribution in [3.8, 4) is 11.5 Å². The van der Waals surface area contributed by atoms with Crippen molar-refractivity contribution in [1.82, 2.24) is 9.97 Å². The van der Waals surface area contributed by atoms with E-state index in [9.17, 15) is 19.0 Å². The third-order valence-electron chi connectivity index (χ3n) is 3.50. The number of halogens is 4. The molecule has 4 nitrogen and oxygen atoms in total. The Morgan fingerprint density at radius 3 is 1.48 bits per heavy atom. The summed E-state index contributed by atoms with van der Waals surface area (Å²) in [6, 6.07) is 8.78. The van der Waals surface area contributed by atoms with E-state index < -0.39 is 11.6 Å². The Bertz CT molecular complexity index is 1040. The molecule has 0 saturated heterocycles. The fraction of sp³-hybridized carbons (Fsp3) is 0. The topological polar surface area (TPSA) is 71.9 Å². The molecule has 1 radical (unpaired) electrons. The standard InChI is InChI=1S/2C9H5FINO.Cu/c2*10-6-4-7(11)9(13)8-5(6)2-1-3-12-8;/h2*1-4,13H;/q;;+2/p-2/i2*10-1;. The van der Waals surface area contributed by atoms with Gasteiger partial charge in [-0.15, -0.1) is 0 Å². The fourth-order valence-corrected chi connectivity index (χ4v) is 3.35. The Balaban J connectivity index is 0.000000187. The molecule has 141 valence electrons. The summed E-state index contributed by atoms with van der Waals surface area (Å²) in [6.45, 7) is 0. The molecule has 0 fully saturated rings. The van der Waals surface area contributed by atoms with E-state index in [2.05, 4.69) is 9.97 Å². The first-order chi connectivity index (χ1) is 12.4. The van der Waals surface area contributed by atoms with Crippen molar-refractivity contribution < 1.29 is 36.1 Å². The molecule has 4 rings (SSSR count). The molecule has 0 spiro atoms. The minimum atomic E-state index is -0.396. The average molecular weight is 638 g/mol. The maximum absolute atomic E-state index is 13.2. The maximum atomic E-state index is 13.2. The van der Waals surface area contributed by atoms with Crippen LogP contribution in [0.25, 0.3) is 21.8 Å². The van der Waals surface area contributed by atoms with E-state index in [0.717, 1.165) is 0 Å². The molecular formula is C18H8CuF2I2N2O2. The number of hydrogen-bond donors (Lipinski definition) is 0. The molecule has 0 unspecified atom stereocenters. The van der Waals surface area contributed by atoms with E-state index in [4.69, 9.17) is 0 Å². The molecule has 0 bridgehead atoms. The number of hydrogen-bond acceptors (Lipinski definition) is 4. The van der Waals surface area contributed by atoms with Crippen molar-refractivity contribution in [3.63, 3.8) is 0 Å². The second kappa shape index (κ2) is 9.26. The molecule has 4 aromatic rings. The monoisotopic (exact) mass is 637 g/mol. The molecule has 0 N–H and O–H groups in total. The van der Waals surface area contributed by atoms with Crippen LogP contribution in [0.15, 0.2) is 48.8 Å². The van der Waals surface area contributed by atoms with Crippen LogP contribution in [-0.4, -0.2) is 9.97 Å². The zero-order valence-electron chi connectivity index (χ0n) is 13.1. The summed E-state index contributed by atoms with van der Waals surface area (Å²) < 4.78 is 27.2. The van der Waals surface area contributed by atoms with Crippen LogP contribution in [0.3, 0.4) is 0 Å². The molecule has 0 aliphatic rings. The Kier molecular flexibility index (Phi) is 7.55. The molecule has 0 atom stereocenters. The maximum Gasteiger partial charge on any atom is 2.00 e. The SMILES string of the molecule is [Cu+2].[O-]c1c(I)cc([18F])c2cccnc12.[O-]c1c(I)cc([18F])c2cccnc12. The van der Waals surface area contributed by atoms with Crippen molar-refractivity contribution >= 4 is 67.0 Å². The molecule has 0 aliphatic carbocycles. The van der Waals surface area contributed by atoms with E-state index in [1.165, 1.54) is 24.5 Å². The number of pyridine rings is 2. The average Bonchev–Trinajstić information content (AvgIpc) is 2.65. The first kappa shape index (κ1) is 22.0. The van der Waals surface area contributed by atoms with Crippen LogP contribution in [0.1, 0.15) is 0 Å². The summed E-state index contributed by atoms with van der Waals surface area (Å²) in [6.07, 6.45) is 2.97. The molecule has 0 saturated carbocycles. The predicted octanol–water partition coefficient (Wildman–Crippen LogP) is 4.10. The van der Waals surface area contributed by atoms with Gasteiger partial charge in [0.25, 0.3) is 0 Å². The largest absolute Gasteiger partial charge is 2.00 e. The van der Waals surface area contributed by atoms with E-state index >= 15 is 0 Å². The van der Waals surface area contributed by atoms with E-state index in [-0.39, 0.29) is 50.4 Å². The third-order valence-corrected chi connectivity index (χ3v) is 5.10. The Labute approximate surface area is 190 Å². The van der Waals surface area contributed by atoms with Crippen LogP contribution in [0.5, 0.6) is 11.5 Å². The van der Waals surface area contributed by atoms with Gasteiger partial charge in [0.2, 0.25) is 0 Å².